The van der Waals surface area contributed by atoms with Crippen LogP contribution in [-0.2, 0) is 21.7 Å². The van der Waals surface area contributed by atoms with Gasteiger partial charge >= 0.3 is 50.2 Å². The predicted octanol–water partition coefficient (Wildman–Crippen LogP) is -17.4. The van der Waals surface area contributed by atoms with Gasteiger partial charge in [-0.1, -0.05) is 0 Å². The smallest absolute Gasteiger partial charge is 1.00 e. The largest absolute Gasteiger partial charge is 4.00 e. The summed E-state index contributed by atoms with van der Waals surface area (Å²) in [5.74, 6) is 0. The first-order chi connectivity index (χ1) is 1.41. The van der Waals surface area contributed by atoms with E-state index in [4.69, 9.17) is 0 Å². The van der Waals surface area contributed by atoms with Crippen molar-refractivity contribution in [3.63, 3.8) is 0 Å². The first-order valence-corrected chi connectivity index (χ1v) is 1.93. The van der Waals surface area contributed by atoms with E-state index in [1.54, 1.807) is 0 Å². The van der Waals surface area contributed by atoms with Crippen LogP contribution in [0.25, 0.3) is 0 Å². The quantitative estimate of drug-likeness (QED) is 0.390. The molecule has 0 aliphatic rings. The Labute approximate surface area is 123 Å². The van der Waals surface area contributed by atoms with Crippen molar-refractivity contribution < 1.29 is 96.2 Å². The molecule has 0 radical (unpaired) electrons. The van der Waals surface area contributed by atoms with Gasteiger partial charge in [0.1, 0.15) is 0 Å². The molecule has 0 aromatic rings. The standard InChI is InChI=1S/C2H5.Al.6ClH.Ti/c1-2;;;;;;;;/h1H2,2H3;;6*1H;/q;+2;;;;;;;+4/p-6. The Bertz CT molecular complexity index is 15.7. The van der Waals surface area contributed by atoms with Gasteiger partial charge in [-0.05, 0) is 0 Å². The van der Waals surface area contributed by atoms with Gasteiger partial charge in [0.25, 0.3) is 0 Å². The van der Waals surface area contributed by atoms with E-state index in [1.807, 2.05) is 0 Å². The van der Waals surface area contributed by atoms with Gasteiger partial charge < -0.3 is 74.4 Å². The van der Waals surface area contributed by atoms with Crippen LogP contribution < -0.4 is 74.4 Å². The molecule has 0 saturated heterocycles. The van der Waals surface area contributed by atoms with Gasteiger partial charge in [0.05, 0.1) is 0 Å². The zero-order valence-electron chi connectivity index (χ0n) is 5.05. The van der Waals surface area contributed by atoms with E-state index in [1.165, 1.54) is 5.28 Å². The van der Waals surface area contributed by atoms with Crippen LogP contribution in [0.5, 0.6) is 0 Å². The van der Waals surface area contributed by atoms with E-state index in [0.29, 0.717) is 0 Å². The molecule has 0 amide bonds. The van der Waals surface area contributed by atoms with Crippen molar-refractivity contribution >= 4 is 16.3 Å². The molecule has 8 heteroatoms. The van der Waals surface area contributed by atoms with Crippen LogP contribution in [0.1, 0.15) is 6.92 Å². The molecular formula is C2H5AlCl6Ti. The van der Waals surface area contributed by atoms with Gasteiger partial charge in [-0.25, -0.2) is 0 Å². The maximum absolute atomic E-state index is 2.58. The van der Waals surface area contributed by atoms with Crippen LogP contribution in [0.15, 0.2) is 0 Å². The molecule has 0 aromatic carbocycles. The molecule has 0 rings (SSSR count). The van der Waals surface area contributed by atoms with Crippen LogP contribution in [0.2, 0.25) is 5.28 Å². The molecule has 0 unspecified atom stereocenters. The Hall–Kier alpha value is 2.99. The molecule has 0 nitrogen and oxygen atoms in total. The second-order valence-corrected chi connectivity index (χ2v) is 1.22. The van der Waals surface area contributed by atoms with E-state index >= 15 is 0 Å². The molecule has 0 fully saturated rings. The van der Waals surface area contributed by atoms with Crippen LogP contribution in [0.4, 0.5) is 0 Å². The summed E-state index contributed by atoms with van der Waals surface area (Å²) < 4.78 is 0. The monoisotopic (exact) mass is 314 g/mol. The Kier molecular flexibility index (Phi) is 683. The third-order valence-electron chi connectivity index (χ3n) is 0. The normalized spacial score (nSPS) is 1.90. The zero-order valence-corrected chi connectivity index (χ0v) is 12.3. The first kappa shape index (κ1) is 75.0. The maximum Gasteiger partial charge on any atom is 4.00 e. The minimum atomic E-state index is 0. The molecule has 0 aliphatic heterocycles. The number of hydrogen-bond acceptors (Lipinski definition) is 0. The molecule has 10 heavy (non-hydrogen) atoms. The molecule has 0 heterocycles. The summed E-state index contributed by atoms with van der Waals surface area (Å²) in [7, 11) is 0. The summed E-state index contributed by atoms with van der Waals surface area (Å²) in [5, 5.41) is 1.17. The average Bonchev–Trinajstić information content (AvgIpc) is 0.918. The Morgan fingerprint density at radius 1 is 0.800 bits per heavy atom. The minimum absolute atomic E-state index is 0. The van der Waals surface area contributed by atoms with Crippen LogP contribution in [0, 0.1) is 0 Å². The van der Waals surface area contributed by atoms with Crippen LogP contribution in [0.3, 0.4) is 0 Å². The Morgan fingerprint density at radius 2 is 0.800 bits per heavy atom. The number of rotatable bonds is 0. The second-order valence-electron chi connectivity index (χ2n) is 0.408. The molecule has 62 valence electrons. The van der Waals surface area contributed by atoms with Gasteiger partial charge in [0.15, 0.2) is 0 Å². The second kappa shape index (κ2) is 91.0. The molecule has 0 spiro atoms. The molecule has 0 N–H and O–H groups in total. The summed E-state index contributed by atoms with van der Waals surface area (Å²) in [6.07, 6.45) is 0. The van der Waals surface area contributed by atoms with E-state index in [-0.39, 0.29) is 96.2 Å². The molecule has 0 aliphatic carbocycles. The van der Waals surface area contributed by atoms with Crippen molar-refractivity contribution in [2.75, 3.05) is 0 Å². The number of hydrogen-bond donors (Lipinski definition) is 0. The van der Waals surface area contributed by atoms with E-state index in [0.717, 1.165) is 0 Å². The maximum atomic E-state index is 2.58. The fourth-order valence-electron chi connectivity index (χ4n) is 0. The van der Waals surface area contributed by atoms with Gasteiger partial charge in [-0.2, -0.15) is 0 Å². The van der Waals surface area contributed by atoms with Crippen LogP contribution in [-0.4, -0.2) is 16.3 Å². The van der Waals surface area contributed by atoms with E-state index in [9.17, 15) is 0 Å². The average molecular weight is 317 g/mol. The van der Waals surface area contributed by atoms with E-state index in [2.05, 4.69) is 23.2 Å². The minimum Gasteiger partial charge on any atom is -1.00 e. The third-order valence-corrected chi connectivity index (χ3v) is 0. The summed E-state index contributed by atoms with van der Waals surface area (Å²) in [5.41, 5.74) is 0. The van der Waals surface area contributed by atoms with Crippen molar-refractivity contribution in [3.8, 4) is 0 Å². The summed E-state index contributed by atoms with van der Waals surface area (Å²) in [6, 6.07) is 0. The van der Waals surface area contributed by atoms with Crippen molar-refractivity contribution in [1.82, 2.24) is 0 Å². The number of halogens is 6. The van der Waals surface area contributed by atoms with Gasteiger partial charge in [0.2, 0.25) is 0 Å². The van der Waals surface area contributed by atoms with Crippen molar-refractivity contribution in [3.05, 3.63) is 0 Å². The summed E-state index contributed by atoms with van der Waals surface area (Å²) in [6.45, 7) is 2.09. The fourth-order valence-corrected chi connectivity index (χ4v) is 0. The Balaban J connectivity index is -0.000000000952. The zero-order chi connectivity index (χ0) is 2.71. The van der Waals surface area contributed by atoms with Crippen molar-refractivity contribution in [2.45, 2.75) is 12.2 Å². The van der Waals surface area contributed by atoms with Gasteiger partial charge in [-0.3, -0.25) is 0 Å². The molecule has 0 aromatic heterocycles. The Morgan fingerprint density at radius 3 is 0.800 bits per heavy atom. The fraction of sp³-hybridized carbons (Fsp3) is 1.00. The first-order valence-electron chi connectivity index (χ1n) is 1.12. The van der Waals surface area contributed by atoms with Gasteiger partial charge in [-0.15, -0.1) is 0 Å². The molecule has 0 bridgehead atoms. The van der Waals surface area contributed by atoms with Gasteiger partial charge in [0, 0.05) is 0 Å². The van der Waals surface area contributed by atoms with Crippen molar-refractivity contribution in [2.24, 2.45) is 0 Å². The summed E-state index contributed by atoms with van der Waals surface area (Å²) in [4.78, 5) is 0. The SMILES string of the molecule is C[CH2][Al+2].[Cl-].[Cl-].[Cl-].[Cl-].[Cl-].[Cl-].[Ti+4]. The predicted molar refractivity (Wildman–Crippen MR) is 16.2 cm³/mol. The summed E-state index contributed by atoms with van der Waals surface area (Å²) >= 11 is 2.58. The molecular weight excluding hydrogens is 312 g/mol. The van der Waals surface area contributed by atoms with Crippen molar-refractivity contribution in [1.29, 1.82) is 0 Å². The van der Waals surface area contributed by atoms with Crippen LogP contribution >= 0.6 is 0 Å². The third kappa shape index (κ3) is 123. The molecule has 0 atom stereocenters. The topological polar surface area (TPSA) is 0 Å². The van der Waals surface area contributed by atoms with E-state index < -0.39 is 0 Å². The molecule has 0 saturated carbocycles.